The fraction of sp³-hybridized carbons (Fsp3) is 0.296. The molecule has 194 valence electrons. The number of unbranched alkanes of at least 4 members (excludes halogenated alkanes) is 1. The van der Waals surface area contributed by atoms with Gasteiger partial charge in [-0.2, -0.15) is 0 Å². The van der Waals surface area contributed by atoms with Crippen molar-refractivity contribution in [1.29, 1.82) is 0 Å². The molecule has 1 aliphatic heterocycles. The van der Waals surface area contributed by atoms with Crippen LogP contribution >= 0.6 is 0 Å². The average Bonchev–Trinajstić information content (AvgIpc) is 3.44. The zero-order valence-electron chi connectivity index (χ0n) is 21.1. The SMILES string of the molecule is CCCCN=C1N/C(=C\c2ccc(-n3cnc(C)c3)c(OC)c2)C(=O)N1C(C)c1cc(F)c(F)c(F)c1. The van der Waals surface area contributed by atoms with E-state index in [0.717, 1.165) is 36.4 Å². The van der Waals surface area contributed by atoms with Gasteiger partial charge in [-0.3, -0.25) is 14.7 Å². The first-order valence-corrected chi connectivity index (χ1v) is 11.9. The Morgan fingerprint density at radius 3 is 2.54 bits per heavy atom. The maximum absolute atomic E-state index is 13.9. The second kappa shape index (κ2) is 10.9. The topological polar surface area (TPSA) is 71.7 Å². The fourth-order valence-electron chi connectivity index (χ4n) is 4.06. The standard InChI is InChI=1S/C27H28F3N5O2/c1-5-6-9-31-27-33-22(26(36)35(27)17(3)19-12-20(28)25(30)21(29)13-19)10-18-7-8-23(24(11-18)37-4)34-14-16(2)32-15-34/h7-8,10-15,17H,5-6,9H2,1-4H3,(H,31,33)/b22-10-. The molecule has 1 fully saturated rings. The van der Waals surface area contributed by atoms with Crippen LogP contribution in [0.5, 0.6) is 5.75 Å². The number of halogens is 3. The molecule has 1 N–H and O–H groups in total. The molecule has 1 saturated heterocycles. The summed E-state index contributed by atoms with van der Waals surface area (Å²) in [6.07, 6.45) is 6.92. The Morgan fingerprint density at radius 1 is 1.19 bits per heavy atom. The first-order chi connectivity index (χ1) is 17.7. The van der Waals surface area contributed by atoms with Crippen LogP contribution in [0.3, 0.4) is 0 Å². The Labute approximate surface area is 213 Å². The summed E-state index contributed by atoms with van der Waals surface area (Å²) in [6.45, 7) is 5.97. The number of hydrogen-bond donors (Lipinski definition) is 1. The van der Waals surface area contributed by atoms with E-state index in [1.54, 1.807) is 32.5 Å². The number of imidazole rings is 1. The number of nitrogens with zero attached hydrogens (tertiary/aromatic N) is 4. The lowest BCUT2D eigenvalue weighted by Gasteiger charge is -2.24. The number of carbonyl (C=O) groups excluding carboxylic acids is 1. The molecule has 10 heteroatoms. The van der Waals surface area contributed by atoms with Crippen molar-refractivity contribution in [2.45, 2.75) is 39.7 Å². The van der Waals surface area contributed by atoms with E-state index in [4.69, 9.17) is 4.74 Å². The van der Waals surface area contributed by atoms with E-state index in [-0.39, 0.29) is 17.2 Å². The number of carbonyl (C=O) groups is 1. The molecule has 37 heavy (non-hydrogen) atoms. The number of aryl methyl sites for hydroxylation is 1. The Morgan fingerprint density at radius 2 is 1.92 bits per heavy atom. The van der Waals surface area contributed by atoms with Gasteiger partial charge in [-0.15, -0.1) is 0 Å². The molecule has 2 heterocycles. The van der Waals surface area contributed by atoms with Crippen LogP contribution in [0.25, 0.3) is 11.8 Å². The summed E-state index contributed by atoms with van der Waals surface area (Å²) in [6, 6.07) is 6.45. The predicted molar refractivity (Wildman–Crippen MR) is 135 cm³/mol. The van der Waals surface area contributed by atoms with Gasteiger partial charge >= 0.3 is 0 Å². The maximum atomic E-state index is 13.9. The molecule has 0 spiro atoms. The maximum Gasteiger partial charge on any atom is 0.277 e. The Balaban J connectivity index is 1.69. The molecule has 0 aliphatic carbocycles. The highest BCUT2D eigenvalue weighted by molar-refractivity contribution is 6.15. The zero-order chi connectivity index (χ0) is 26.7. The summed E-state index contributed by atoms with van der Waals surface area (Å²) in [4.78, 5) is 23.5. The van der Waals surface area contributed by atoms with E-state index in [2.05, 4.69) is 15.3 Å². The Hall–Kier alpha value is -4.08. The molecular formula is C27H28F3N5O2. The van der Waals surface area contributed by atoms with Crippen molar-refractivity contribution in [3.05, 3.63) is 82.8 Å². The van der Waals surface area contributed by atoms with Crippen LogP contribution in [0.1, 0.15) is 49.6 Å². The van der Waals surface area contributed by atoms with Gasteiger partial charge < -0.3 is 14.6 Å². The second-order valence-corrected chi connectivity index (χ2v) is 8.75. The largest absolute Gasteiger partial charge is 0.495 e. The van der Waals surface area contributed by atoms with Crippen LogP contribution in [-0.4, -0.2) is 40.0 Å². The number of amides is 1. The van der Waals surface area contributed by atoms with Gasteiger partial charge in [0.2, 0.25) is 5.96 Å². The Kier molecular flexibility index (Phi) is 7.66. The van der Waals surface area contributed by atoms with Gasteiger partial charge in [-0.05, 0) is 61.7 Å². The highest BCUT2D eigenvalue weighted by Crippen LogP contribution is 2.30. The average molecular weight is 512 g/mol. The molecule has 2 aromatic carbocycles. The minimum Gasteiger partial charge on any atom is -0.495 e. The summed E-state index contributed by atoms with van der Waals surface area (Å²) in [5, 5.41) is 3.05. The number of guanidine groups is 1. The van der Waals surface area contributed by atoms with Gasteiger partial charge in [0.25, 0.3) is 5.91 Å². The summed E-state index contributed by atoms with van der Waals surface area (Å²) in [5.74, 6) is -3.77. The van der Waals surface area contributed by atoms with Crippen molar-refractivity contribution in [3.63, 3.8) is 0 Å². The first kappa shape index (κ1) is 26.0. The van der Waals surface area contributed by atoms with Crippen LogP contribution in [0, 0.1) is 24.4 Å². The molecule has 1 unspecified atom stereocenters. The molecule has 0 bridgehead atoms. The zero-order valence-corrected chi connectivity index (χ0v) is 21.1. The molecule has 1 amide bonds. The number of aliphatic imine (C=N–C) groups is 1. The van der Waals surface area contributed by atoms with Crippen LogP contribution in [0.15, 0.2) is 53.5 Å². The van der Waals surface area contributed by atoms with Crippen molar-refractivity contribution in [2.75, 3.05) is 13.7 Å². The van der Waals surface area contributed by atoms with Gasteiger partial charge in [0, 0.05) is 12.7 Å². The minimum atomic E-state index is -1.55. The quantitative estimate of drug-likeness (QED) is 0.253. The normalized spacial score (nSPS) is 16.5. The smallest absolute Gasteiger partial charge is 0.277 e. The van der Waals surface area contributed by atoms with E-state index in [0.29, 0.717) is 17.9 Å². The number of methoxy groups -OCH3 is 1. The van der Waals surface area contributed by atoms with E-state index in [1.165, 1.54) is 4.90 Å². The van der Waals surface area contributed by atoms with E-state index < -0.39 is 29.4 Å². The first-order valence-electron chi connectivity index (χ1n) is 11.9. The van der Waals surface area contributed by atoms with Gasteiger partial charge in [0.05, 0.1) is 30.9 Å². The Bertz CT molecular complexity index is 1360. The summed E-state index contributed by atoms with van der Waals surface area (Å²) >= 11 is 0. The molecule has 0 radical (unpaired) electrons. The molecule has 1 atom stereocenters. The van der Waals surface area contributed by atoms with Crippen LogP contribution in [-0.2, 0) is 4.79 Å². The number of benzene rings is 2. The third kappa shape index (κ3) is 5.37. The van der Waals surface area contributed by atoms with Crippen molar-refractivity contribution in [2.24, 2.45) is 4.99 Å². The molecule has 1 aromatic heterocycles. The highest BCUT2D eigenvalue weighted by Gasteiger charge is 2.36. The fourth-order valence-corrected chi connectivity index (χ4v) is 4.06. The molecule has 7 nitrogen and oxygen atoms in total. The number of aromatic nitrogens is 2. The third-order valence-corrected chi connectivity index (χ3v) is 6.08. The van der Waals surface area contributed by atoms with E-state index >= 15 is 0 Å². The number of rotatable bonds is 8. The summed E-state index contributed by atoms with van der Waals surface area (Å²) in [7, 11) is 1.56. The lowest BCUT2D eigenvalue weighted by molar-refractivity contribution is -0.123. The lowest BCUT2D eigenvalue weighted by Crippen LogP contribution is -2.35. The van der Waals surface area contributed by atoms with Gasteiger partial charge in [-0.1, -0.05) is 19.4 Å². The summed E-state index contributed by atoms with van der Waals surface area (Å²) in [5.41, 5.74) is 2.68. The minimum absolute atomic E-state index is 0.109. The van der Waals surface area contributed by atoms with E-state index in [1.807, 2.05) is 36.7 Å². The van der Waals surface area contributed by atoms with E-state index in [9.17, 15) is 18.0 Å². The van der Waals surface area contributed by atoms with Crippen molar-refractivity contribution in [3.8, 4) is 11.4 Å². The van der Waals surface area contributed by atoms with Crippen molar-refractivity contribution < 1.29 is 22.7 Å². The monoisotopic (exact) mass is 511 g/mol. The van der Waals surface area contributed by atoms with Crippen LogP contribution < -0.4 is 10.1 Å². The number of hydrogen-bond acceptors (Lipinski definition) is 4. The molecule has 3 aromatic rings. The summed E-state index contributed by atoms with van der Waals surface area (Å²) < 4.78 is 48.8. The predicted octanol–water partition coefficient (Wildman–Crippen LogP) is 5.30. The van der Waals surface area contributed by atoms with Crippen molar-refractivity contribution in [1.82, 2.24) is 19.8 Å². The van der Waals surface area contributed by atoms with Gasteiger partial charge in [0.1, 0.15) is 11.4 Å². The van der Waals surface area contributed by atoms with Gasteiger partial charge in [-0.25, -0.2) is 18.2 Å². The van der Waals surface area contributed by atoms with Crippen LogP contribution in [0.2, 0.25) is 0 Å². The lowest BCUT2D eigenvalue weighted by atomic mass is 10.1. The third-order valence-electron chi connectivity index (χ3n) is 6.08. The molecule has 4 rings (SSSR count). The molecule has 0 saturated carbocycles. The number of ether oxygens (including phenoxy) is 1. The highest BCUT2D eigenvalue weighted by atomic mass is 19.2. The van der Waals surface area contributed by atoms with Gasteiger partial charge in [0.15, 0.2) is 17.5 Å². The number of nitrogens with one attached hydrogen (secondary N) is 1. The van der Waals surface area contributed by atoms with Crippen LogP contribution in [0.4, 0.5) is 13.2 Å². The van der Waals surface area contributed by atoms with Crippen molar-refractivity contribution >= 4 is 17.9 Å². The molecular weight excluding hydrogens is 483 g/mol. The molecule has 1 aliphatic rings. The second-order valence-electron chi connectivity index (χ2n) is 8.75.